The Morgan fingerprint density at radius 3 is 0.622 bits per heavy atom. The monoisotopic (exact) mass is 1230 g/mol. The van der Waals surface area contributed by atoms with Gasteiger partial charge in [0.15, 0.2) is 0 Å². The van der Waals surface area contributed by atoms with Gasteiger partial charge in [0.25, 0.3) is 0 Å². The number of fused-ring (bicyclic) bond motifs is 12. The molecule has 0 amide bonds. The van der Waals surface area contributed by atoms with Crippen molar-refractivity contribution in [3.8, 4) is 34.5 Å². The predicted octanol–water partition coefficient (Wildman–Crippen LogP) is 18.4. The molecule has 488 valence electrons. The van der Waals surface area contributed by atoms with E-state index < -0.39 is 11.8 Å². The zero-order chi connectivity index (χ0) is 67.0. The maximum atomic E-state index is 14.5. The van der Waals surface area contributed by atoms with Crippen molar-refractivity contribution in [2.75, 3.05) is 55.9 Å². The fraction of sp³-hybridized carbons (Fsp3) is 0.525. The van der Waals surface area contributed by atoms with Gasteiger partial charge in [0, 0.05) is 59.8 Å². The van der Waals surface area contributed by atoms with E-state index >= 15 is 0 Å². The molecule has 6 aromatic rings. The van der Waals surface area contributed by atoms with Gasteiger partial charge in [-0.3, -0.25) is 9.59 Å². The molecule has 0 heterocycles. The maximum Gasteiger partial charge on any atom is 0.306 e. The summed E-state index contributed by atoms with van der Waals surface area (Å²) in [7, 11) is 10.5. The highest BCUT2D eigenvalue weighted by molar-refractivity contribution is 5.75. The third-order valence-corrected chi connectivity index (χ3v) is 18.1. The summed E-state index contributed by atoms with van der Waals surface area (Å²) in [4.78, 5) is 29.0. The van der Waals surface area contributed by atoms with Gasteiger partial charge in [-0.15, -0.1) is 0 Å². The van der Waals surface area contributed by atoms with Gasteiger partial charge >= 0.3 is 11.9 Å². The van der Waals surface area contributed by atoms with Crippen LogP contribution in [0.2, 0.25) is 0 Å². The topological polar surface area (TPSA) is 108 Å². The van der Waals surface area contributed by atoms with E-state index in [0.29, 0.717) is 48.7 Å². The van der Waals surface area contributed by atoms with Gasteiger partial charge in [0.2, 0.25) is 0 Å². The van der Waals surface area contributed by atoms with Crippen LogP contribution in [0.1, 0.15) is 263 Å². The standard InChI is InChI=1S/C80H108O10/c1-27-89-67(81)45-61-63-41-57(77(9,10)11)37-51(71(63)85-23)29-47-33-55(75(3,4)5)35-49(69(47)83-21)31-53-39-59(79(15,16)17)43-65(73(53)87-25)62(46-68(82)90-28-2)66-44-60(80(18,19)20)40-54(74(66)88-26)32-50-36-56(76(6,7)8)34-48(70(50)84-22)30-52-38-58(78(12,13)14)42-64(61)72(52)86-24/h33-44,61-62H,27-32,45-46H2,1-26H3. The van der Waals surface area contributed by atoms with E-state index in [1.165, 1.54) is 0 Å². The summed E-state index contributed by atoms with van der Waals surface area (Å²) < 4.78 is 52.4. The van der Waals surface area contributed by atoms with Crippen molar-refractivity contribution >= 4 is 11.9 Å². The van der Waals surface area contributed by atoms with Gasteiger partial charge in [-0.1, -0.05) is 197 Å². The second-order valence-electron chi connectivity index (χ2n) is 31.0. The summed E-state index contributed by atoms with van der Waals surface area (Å²) in [6, 6.07) is 27.2. The number of rotatable bonds is 12. The molecule has 1 aliphatic carbocycles. The van der Waals surface area contributed by atoms with Crippen molar-refractivity contribution in [1.29, 1.82) is 0 Å². The largest absolute Gasteiger partial charge is 0.496 e. The number of hydrogen-bond acceptors (Lipinski definition) is 10. The molecule has 6 aromatic carbocycles. The molecule has 0 saturated carbocycles. The molecule has 0 aromatic heterocycles. The number of hydrogen-bond donors (Lipinski definition) is 0. The number of benzene rings is 6. The van der Waals surface area contributed by atoms with Gasteiger partial charge in [-0.2, -0.15) is 0 Å². The summed E-state index contributed by atoms with van der Waals surface area (Å²) in [5.74, 6) is 2.39. The van der Waals surface area contributed by atoms with Gasteiger partial charge in [-0.25, -0.2) is 0 Å². The Hall–Kier alpha value is -6.94. The normalized spacial score (nSPS) is 15.1. The average Bonchev–Trinajstić information content (AvgIpc) is 0.767. The molecule has 12 bridgehead atoms. The van der Waals surface area contributed by atoms with Crippen molar-refractivity contribution in [2.24, 2.45) is 0 Å². The van der Waals surface area contributed by atoms with Crippen LogP contribution in [0.4, 0.5) is 0 Å². The molecule has 0 radical (unpaired) electrons. The third-order valence-electron chi connectivity index (χ3n) is 18.1. The minimum absolute atomic E-state index is 0.0239. The van der Waals surface area contributed by atoms with Crippen LogP contribution >= 0.6 is 0 Å². The fourth-order valence-electron chi connectivity index (χ4n) is 12.9. The van der Waals surface area contributed by atoms with E-state index in [-0.39, 0.29) is 70.5 Å². The molecule has 0 aliphatic heterocycles. The Morgan fingerprint density at radius 1 is 0.300 bits per heavy atom. The summed E-state index contributed by atoms with van der Waals surface area (Å²) in [5, 5.41) is 0. The first-order valence-corrected chi connectivity index (χ1v) is 32.4. The lowest BCUT2D eigenvalue weighted by atomic mass is 9.76. The molecule has 0 atom stereocenters. The first-order valence-electron chi connectivity index (χ1n) is 32.4. The molecule has 10 nitrogen and oxygen atoms in total. The van der Waals surface area contributed by atoms with Crippen LogP contribution in [0.25, 0.3) is 0 Å². The first-order chi connectivity index (χ1) is 41.8. The molecule has 0 saturated heterocycles. The highest BCUT2D eigenvalue weighted by Crippen LogP contribution is 2.51. The zero-order valence-electron chi connectivity index (χ0n) is 59.8. The third kappa shape index (κ3) is 15.5. The molecule has 10 heteroatoms. The summed E-state index contributed by atoms with van der Waals surface area (Å²) >= 11 is 0. The predicted molar refractivity (Wildman–Crippen MR) is 368 cm³/mol. The van der Waals surface area contributed by atoms with Crippen LogP contribution in [0.15, 0.2) is 72.8 Å². The lowest BCUT2D eigenvalue weighted by Gasteiger charge is -2.31. The summed E-state index contributed by atoms with van der Waals surface area (Å²) in [6.45, 7) is 44.4. The fourth-order valence-corrected chi connectivity index (χ4v) is 12.9. The lowest BCUT2D eigenvalue weighted by molar-refractivity contribution is -0.144. The highest BCUT2D eigenvalue weighted by atomic mass is 16.5. The van der Waals surface area contributed by atoms with E-state index in [1.54, 1.807) is 42.7 Å². The van der Waals surface area contributed by atoms with E-state index in [0.717, 1.165) is 112 Å². The van der Waals surface area contributed by atoms with Crippen molar-refractivity contribution in [2.45, 2.75) is 221 Å². The molecule has 90 heavy (non-hydrogen) atoms. The number of esters is 2. The number of ether oxygens (including phenoxy) is 8. The van der Waals surface area contributed by atoms with E-state index in [2.05, 4.69) is 197 Å². The Balaban J connectivity index is 1.78. The zero-order valence-corrected chi connectivity index (χ0v) is 59.8. The summed E-state index contributed by atoms with van der Waals surface area (Å²) in [5.41, 5.74) is 15.9. The number of carbonyl (C=O) groups excluding carboxylic acids is 2. The van der Waals surface area contributed by atoms with Gasteiger partial charge in [-0.05, 0) is 124 Å². The molecule has 0 spiro atoms. The van der Waals surface area contributed by atoms with Crippen molar-refractivity contribution in [3.05, 3.63) is 173 Å². The van der Waals surface area contributed by atoms with E-state index in [1.807, 2.05) is 13.8 Å². The first kappa shape index (κ1) is 70.5. The lowest BCUT2D eigenvalue weighted by Crippen LogP contribution is -2.20. The average molecular weight is 1230 g/mol. The minimum Gasteiger partial charge on any atom is -0.496 e. The Kier molecular flexibility index (Phi) is 21.2. The van der Waals surface area contributed by atoms with Gasteiger partial charge in [0.05, 0.1) is 68.7 Å². The van der Waals surface area contributed by atoms with Crippen LogP contribution in [0.3, 0.4) is 0 Å². The Labute approximate surface area is 541 Å². The van der Waals surface area contributed by atoms with Crippen molar-refractivity contribution < 1.29 is 47.5 Å². The molecular weight excluding hydrogens is 1120 g/mol. The quantitative estimate of drug-likeness (QED) is 0.110. The van der Waals surface area contributed by atoms with Crippen LogP contribution in [0.5, 0.6) is 34.5 Å². The highest BCUT2D eigenvalue weighted by Gasteiger charge is 2.36. The maximum absolute atomic E-state index is 14.5. The van der Waals surface area contributed by atoms with Crippen LogP contribution < -0.4 is 28.4 Å². The molecule has 7 rings (SSSR count). The molecular formula is C80H108O10. The molecule has 0 N–H and O–H groups in total. The second-order valence-corrected chi connectivity index (χ2v) is 31.0. The van der Waals surface area contributed by atoms with E-state index in [4.69, 9.17) is 37.9 Å². The number of carbonyl (C=O) groups is 2. The van der Waals surface area contributed by atoms with E-state index in [9.17, 15) is 9.59 Å². The van der Waals surface area contributed by atoms with Crippen LogP contribution in [-0.4, -0.2) is 67.8 Å². The Morgan fingerprint density at radius 2 is 0.467 bits per heavy atom. The second kappa shape index (κ2) is 27.1. The SMILES string of the molecule is CCOC(=O)CC1c2cc(C(C)(C)C)cc(c2OC)Cc2cc(C(C)(C)C)cc(c2OC)Cc2cc(C(C)(C)C)cc(c2OC)C(CC(=O)OCC)c2cc(C(C)(C)C)cc(c2OC)Cc2cc(C(C)(C)C)cc(c2OC)Cc2cc(C(C)(C)C)cc1c2OC. The van der Waals surface area contributed by atoms with Gasteiger partial charge < -0.3 is 37.9 Å². The van der Waals surface area contributed by atoms with Gasteiger partial charge in [0.1, 0.15) is 34.5 Å². The Bertz CT molecular complexity index is 3160. The number of methoxy groups -OCH3 is 6. The smallest absolute Gasteiger partial charge is 0.306 e. The van der Waals surface area contributed by atoms with Crippen molar-refractivity contribution in [1.82, 2.24) is 0 Å². The molecule has 0 fully saturated rings. The van der Waals surface area contributed by atoms with Crippen LogP contribution in [0, 0.1) is 0 Å². The summed E-state index contributed by atoms with van der Waals surface area (Å²) in [6.07, 6.45) is 1.78. The minimum atomic E-state index is -0.584. The molecule has 1 aliphatic rings. The van der Waals surface area contributed by atoms with Crippen LogP contribution in [-0.2, 0) is 77.2 Å². The molecule has 0 unspecified atom stereocenters. The van der Waals surface area contributed by atoms with Crippen molar-refractivity contribution in [3.63, 3.8) is 0 Å².